The molecule has 0 spiro atoms. The number of rotatable bonds is 7. The van der Waals surface area contributed by atoms with Crippen LogP contribution in [0.1, 0.15) is 6.42 Å². The van der Waals surface area contributed by atoms with Gasteiger partial charge in [-0.15, -0.1) is 0 Å². The number of methoxy groups -OCH3 is 2. The van der Waals surface area contributed by atoms with Crippen LogP contribution in [0.2, 0.25) is 0 Å². The first-order valence-corrected chi connectivity index (χ1v) is 6.17. The van der Waals surface area contributed by atoms with Crippen LogP contribution in [0.4, 0.5) is 0 Å². The Balaban J connectivity index is 2.41. The molecule has 0 amide bonds. The van der Waals surface area contributed by atoms with Crippen molar-refractivity contribution in [3.8, 4) is 5.75 Å². The summed E-state index contributed by atoms with van der Waals surface area (Å²) >= 11 is 0. The molecule has 0 aliphatic rings. The summed E-state index contributed by atoms with van der Waals surface area (Å²) in [6.07, 6.45) is 3.66. The summed E-state index contributed by atoms with van der Waals surface area (Å²) in [6.45, 7) is 0.360. The maximum atomic E-state index is 11.4. The van der Waals surface area contributed by atoms with Gasteiger partial charge in [0.2, 0.25) is 0 Å². The van der Waals surface area contributed by atoms with Gasteiger partial charge in [0.05, 0.1) is 14.2 Å². The topological polar surface area (TPSA) is 61.8 Å². The number of hydrogen-bond donors (Lipinski definition) is 0. The van der Waals surface area contributed by atoms with E-state index in [9.17, 15) is 9.59 Å². The number of allylic oxidation sites excluding steroid dienone is 1. The van der Waals surface area contributed by atoms with Crippen molar-refractivity contribution in [1.29, 1.82) is 0 Å². The summed E-state index contributed by atoms with van der Waals surface area (Å²) in [5.74, 6) is -1.39. The van der Waals surface area contributed by atoms with Crippen LogP contribution in [0.3, 0.4) is 0 Å². The molecule has 0 fully saturated rings. The lowest BCUT2D eigenvalue weighted by molar-refractivity contribution is -0.158. The molecule has 5 nitrogen and oxygen atoms in total. The van der Waals surface area contributed by atoms with E-state index >= 15 is 0 Å². The molecule has 0 aliphatic carbocycles. The molecule has 0 bridgehead atoms. The predicted octanol–water partition coefficient (Wildman–Crippen LogP) is 1.97. The normalized spacial score (nSPS) is 10.6. The average molecular weight is 278 g/mol. The van der Waals surface area contributed by atoms with Gasteiger partial charge in [-0.1, -0.05) is 30.4 Å². The molecule has 20 heavy (non-hydrogen) atoms. The Morgan fingerprint density at radius 2 is 1.65 bits per heavy atom. The van der Waals surface area contributed by atoms with Crippen molar-refractivity contribution < 1.29 is 23.8 Å². The van der Waals surface area contributed by atoms with Crippen molar-refractivity contribution in [2.75, 3.05) is 20.8 Å². The lowest BCUT2D eigenvalue weighted by atomic mass is 10.1. The van der Waals surface area contributed by atoms with Gasteiger partial charge < -0.3 is 14.2 Å². The minimum atomic E-state index is -0.932. The fourth-order valence-corrected chi connectivity index (χ4v) is 1.53. The fraction of sp³-hybridized carbons (Fsp3) is 0.333. The van der Waals surface area contributed by atoms with E-state index in [0.717, 1.165) is 5.75 Å². The number of benzene rings is 1. The number of carbonyl (C=O) groups is 2. The first-order chi connectivity index (χ1) is 9.69. The molecule has 0 aliphatic heterocycles. The summed E-state index contributed by atoms with van der Waals surface area (Å²) in [5.41, 5.74) is 0. The number of hydrogen-bond acceptors (Lipinski definition) is 5. The zero-order valence-corrected chi connectivity index (χ0v) is 11.6. The van der Waals surface area contributed by atoms with Crippen LogP contribution in [-0.2, 0) is 19.1 Å². The Labute approximate surface area is 118 Å². The summed E-state index contributed by atoms with van der Waals surface area (Å²) < 4.78 is 14.6. The van der Waals surface area contributed by atoms with E-state index in [4.69, 9.17) is 4.74 Å². The molecule has 0 heterocycles. The van der Waals surface area contributed by atoms with Gasteiger partial charge in [-0.25, -0.2) is 0 Å². The first-order valence-electron chi connectivity index (χ1n) is 6.17. The average Bonchev–Trinajstić information content (AvgIpc) is 2.50. The smallest absolute Gasteiger partial charge is 0.320 e. The number of para-hydroxylation sites is 1. The lowest BCUT2D eigenvalue weighted by Gasteiger charge is -2.09. The van der Waals surface area contributed by atoms with Gasteiger partial charge in [0.15, 0.2) is 5.92 Å². The molecule has 0 atom stereocenters. The largest absolute Gasteiger partial charge is 0.490 e. The van der Waals surface area contributed by atoms with Crippen LogP contribution in [0, 0.1) is 5.92 Å². The highest BCUT2D eigenvalue weighted by atomic mass is 16.5. The Bertz CT molecular complexity index is 437. The Hall–Kier alpha value is -2.30. The fourth-order valence-electron chi connectivity index (χ4n) is 1.53. The third kappa shape index (κ3) is 5.14. The second kappa shape index (κ2) is 8.74. The monoisotopic (exact) mass is 278 g/mol. The van der Waals surface area contributed by atoms with Crippen molar-refractivity contribution in [2.24, 2.45) is 5.92 Å². The molecule has 1 rings (SSSR count). The van der Waals surface area contributed by atoms with Gasteiger partial charge >= 0.3 is 11.9 Å². The Morgan fingerprint density at radius 1 is 1.05 bits per heavy atom. The van der Waals surface area contributed by atoms with Crippen LogP contribution in [0.5, 0.6) is 5.75 Å². The minimum absolute atomic E-state index is 0.220. The zero-order valence-electron chi connectivity index (χ0n) is 11.6. The van der Waals surface area contributed by atoms with E-state index in [1.54, 1.807) is 12.2 Å². The van der Waals surface area contributed by atoms with Crippen molar-refractivity contribution in [1.82, 2.24) is 0 Å². The van der Waals surface area contributed by atoms with E-state index in [1.165, 1.54) is 14.2 Å². The van der Waals surface area contributed by atoms with Crippen LogP contribution in [0.15, 0.2) is 42.5 Å². The molecular formula is C15H18O5. The molecule has 0 saturated carbocycles. The predicted molar refractivity (Wildman–Crippen MR) is 73.2 cm³/mol. The molecule has 1 aromatic rings. The van der Waals surface area contributed by atoms with Gasteiger partial charge in [0.1, 0.15) is 12.4 Å². The molecule has 0 N–H and O–H groups in total. The SMILES string of the molecule is COC(=O)C(C/C=C/COc1ccccc1)C(=O)OC. The van der Waals surface area contributed by atoms with Crippen LogP contribution in [0.25, 0.3) is 0 Å². The Morgan fingerprint density at radius 3 is 2.20 bits per heavy atom. The third-order valence-corrected chi connectivity index (χ3v) is 2.60. The highest BCUT2D eigenvalue weighted by molar-refractivity contribution is 5.94. The molecule has 0 unspecified atom stereocenters. The summed E-state index contributed by atoms with van der Waals surface area (Å²) in [5, 5.41) is 0. The van der Waals surface area contributed by atoms with Crippen LogP contribution in [-0.4, -0.2) is 32.8 Å². The first kappa shape index (κ1) is 15.8. The lowest BCUT2D eigenvalue weighted by Crippen LogP contribution is -2.25. The third-order valence-electron chi connectivity index (χ3n) is 2.60. The molecule has 108 valence electrons. The van der Waals surface area contributed by atoms with Crippen molar-refractivity contribution in [3.05, 3.63) is 42.5 Å². The Kier molecular flexibility index (Phi) is 6.89. The van der Waals surface area contributed by atoms with Gasteiger partial charge in [-0.2, -0.15) is 0 Å². The molecule has 5 heteroatoms. The van der Waals surface area contributed by atoms with Gasteiger partial charge in [-0.3, -0.25) is 9.59 Å². The van der Waals surface area contributed by atoms with E-state index in [-0.39, 0.29) is 6.42 Å². The number of carbonyl (C=O) groups excluding carboxylic acids is 2. The standard InChI is InChI=1S/C15H18O5/c1-18-14(16)13(15(17)19-2)10-6-7-11-20-12-8-4-3-5-9-12/h3-9,13H,10-11H2,1-2H3/b7-6+. The molecule has 0 radical (unpaired) electrons. The molecule has 0 aromatic heterocycles. The van der Waals surface area contributed by atoms with Gasteiger partial charge in [0, 0.05) is 0 Å². The summed E-state index contributed by atoms with van der Waals surface area (Å²) in [7, 11) is 2.47. The highest BCUT2D eigenvalue weighted by Gasteiger charge is 2.26. The van der Waals surface area contributed by atoms with Gasteiger partial charge in [0.25, 0.3) is 0 Å². The van der Waals surface area contributed by atoms with E-state index in [0.29, 0.717) is 6.61 Å². The second-order valence-electron chi connectivity index (χ2n) is 3.93. The zero-order chi connectivity index (χ0) is 14.8. The molecule has 1 aromatic carbocycles. The highest BCUT2D eigenvalue weighted by Crippen LogP contribution is 2.10. The molecule has 0 saturated heterocycles. The van der Waals surface area contributed by atoms with Crippen molar-refractivity contribution >= 4 is 11.9 Å². The molecular weight excluding hydrogens is 260 g/mol. The van der Waals surface area contributed by atoms with E-state index in [2.05, 4.69) is 9.47 Å². The minimum Gasteiger partial charge on any atom is -0.490 e. The second-order valence-corrected chi connectivity index (χ2v) is 3.93. The quantitative estimate of drug-likeness (QED) is 0.433. The number of esters is 2. The summed E-state index contributed by atoms with van der Waals surface area (Å²) in [6, 6.07) is 9.35. The van der Waals surface area contributed by atoms with E-state index < -0.39 is 17.9 Å². The van der Waals surface area contributed by atoms with E-state index in [1.807, 2.05) is 30.3 Å². The van der Waals surface area contributed by atoms with Crippen molar-refractivity contribution in [2.45, 2.75) is 6.42 Å². The van der Waals surface area contributed by atoms with Crippen LogP contribution >= 0.6 is 0 Å². The maximum Gasteiger partial charge on any atom is 0.320 e. The summed E-state index contributed by atoms with van der Waals surface area (Å²) in [4.78, 5) is 22.8. The maximum absolute atomic E-state index is 11.4. The van der Waals surface area contributed by atoms with Crippen molar-refractivity contribution in [3.63, 3.8) is 0 Å². The van der Waals surface area contributed by atoms with Gasteiger partial charge in [-0.05, 0) is 18.6 Å². The van der Waals surface area contributed by atoms with Crippen LogP contribution < -0.4 is 4.74 Å². The number of ether oxygens (including phenoxy) is 3.